The van der Waals surface area contributed by atoms with Crippen molar-refractivity contribution in [2.24, 2.45) is 5.41 Å². The molecular formula is C16H29NO2. The molecule has 110 valence electrons. The molecule has 3 aliphatic rings. The van der Waals surface area contributed by atoms with Gasteiger partial charge in [0.1, 0.15) is 0 Å². The summed E-state index contributed by atoms with van der Waals surface area (Å²) in [6.45, 7) is 9.82. The van der Waals surface area contributed by atoms with Gasteiger partial charge in [-0.05, 0) is 52.4 Å². The van der Waals surface area contributed by atoms with Gasteiger partial charge in [-0.2, -0.15) is 0 Å². The summed E-state index contributed by atoms with van der Waals surface area (Å²) >= 11 is 0. The third kappa shape index (κ3) is 3.32. The number of nitrogens with zero attached hydrogens (tertiary/aromatic N) is 1. The standard InChI is InChI=1S/C16H29NO2/c1-14(2)18-13-15(6-7-15)11-17-9-8-16(12-17)5-3-4-10-19-16/h14H,3-13H2,1-2H3. The first kappa shape index (κ1) is 13.8. The molecule has 2 aliphatic heterocycles. The van der Waals surface area contributed by atoms with E-state index in [4.69, 9.17) is 9.47 Å². The Labute approximate surface area is 117 Å². The molecule has 3 heteroatoms. The fourth-order valence-corrected chi connectivity index (χ4v) is 3.64. The van der Waals surface area contributed by atoms with Gasteiger partial charge in [0.15, 0.2) is 0 Å². The van der Waals surface area contributed by atoms with Crippen LogP contribution in [-0.2, 0) is 9.47 Å². The van der Waals surface area contributed by atoms with Gasteiger partial charge in [0.25, 0.3) is 0 Å². The third-order valence-electron chi connectivity index (χ3n) is 5.07. The van der Waals surface area contributed by atoms with E-state index in [-0.39, 0.29) is 5.60 Å². The van der Waals surface area contributed by atoms with Crippen molar-refractivity contribution >= 4 is 0 Å². The SMILES string of the molecule is CC(C)OCC1(CN2CCC3(CCCCO3)C2)CC1. The maximum atomic E-state index is 6.12. The molecule has 0 bridgehead atoms. The first-order chi connectivity index (χ1) is 9.12. The van der Waals surface area contributed by atoms with Gasteiger partial charge >= 0.3 is 0 Å². The van der Waals surface area contributed by atoms with Crippen LogP contribution in [0, 0.1) is 5.41 Å². The van der Waals surface area contributed by atoms with Crippen LogP contribution in [0.4, 0.5) is 0 Å². The molecule has 1 saturated carbocycles. The zero-order chi connectivity index (χ0) is 13.3. The lowest BCUT2D eigenvalue weighted by atomic mass is 9.93. The second-order valence-electron chi connectivity index (χ2n) is 7.31. The minimum absolute atomic E-state index is 0.216. The predicted molar refractivity (Wildman–Crippen MR) is 76.3 cm³/mol. The van der Waals surface area contributed by atoms with E-state index < -0.39 is 0 Å². The van der Waals surface area contributed by atoms with E-state index in [1.54, 1.807) is 0 Å². The number of ether oxygens (including phenoxy) is 2. The zero-order valence-electron chi connectivity index (χ0n) is 12.6. The van der Waals surface area contributed by atoms with Crippen LogP contribution in [0.25, 0.3) is 0 Å². The smallest absolute Gasteiger partial charge is 0.0820 e. The first-order valence-electron chi connectivity index (χ1n) is 8.10. The highest BCUT2D eigenvalue weighted by Gasteiger charge is 2.48. The summed E-state index contributed by atoms with van der Waals surface area (Å²) in [4.78, 5) is 2.64. The summed E-state index contributed by atoms with van der Waals surface area (Å²) in [6.07, 6.45) is 8.20. The topological polar surface area (TPSA) is 21.7 Å². The summed E-state index contributed by atoms with van der Waals surface area (Å²) < 4.78 is 12.0. The van der Waals surface area contributed by atoms with Gasteiger partial charge < -0.3 is 9.47 Å². The van der Waals surface area contributed by atoms with Crippen molar-refractivity contribution in [3.05, 3.63) is 0 Å². The molecule has 0 amide bonds. The molecule has 0 aromatic rings. The van der Waals surface area contributed by atoms with Crippen LogP contribution >= 0.6 is 0 Å². The molecule has 0 N–H and O–H groups in total. The Bertz CT molecular complexity index is 306. The third-order valence-corrected chi connectivity index (χ3v) is 5.07. The monoisotopic (exact) mass is 267 g/mol. The Balaban J connectivity index is 1.49. The zero-order valence-corrected chi connectivity index (χ0v) is 12.6. The van der Waals surface area contributed by atoms with Crippen LogP contribution in [0.15, 0.2) is 0 Å². The van der Waals surface area contributed by atoms with Crippen LogP contribution in [0.1, 0.15) is 52.4 Å². The van der Waals surface area contributed by atoms with E-state index in [1.807, 2.05) is 0 Å². The Morgan fingerprint density at radius 1 is 1.16 bits per heavy atom. The summed E-state index contributed by atoms with van der Waals surface area (Å²) in [5.41, 5.74) is 0.692. The van der Waals surface area contributed by atoms with Crippen LogP contribution in [0.2, 0.25) is 0 Å². The largest absolute Gasteiger partial charge is 0.378 e. The normalized spacial score (nSPS) is 34.3. The molecule has 3 nitrogen and oxygen atoms in total. The van der Waals surface area contributed by atoms with Gasteiger partial charge in [-0.15, -0.1) is 0 Å². The fourth-order valence-electron chi connectivity index (χ4n) is 3.64. The van der Waals surface area contributed by atoms with Gasteiger partial charge in [0, 0.05) is 31.7 Å². The molecule has 3 fully saturated rings. The molecule has 1 atom stereocenters. The van der Waals surface area contributed by atoms with Crippen LogP contribution in [0.5, 0.6) is 0 Å². The highest BCUT2D eigenvalue weighted by molar-refractivity contribution is 5.00. The molecule has 1 aliphatic carbocycles. The first-order valence-corrected chi connectivity index (χ1v) is 8.10. The fraction of sp³-hybridized carbons (Fsp3) is 1.00. The van der Waals surface area contributed by atoms with Crippen molar-refractivity contribution in [1.82, 2.24) is 4.90 Å². The lowest BCUT2D eigenvalue weighted by Gasteiger charge is -2.34. The van der Waals surface area contributed by atoms with Gasteiger partial charge in [-0.25, -0.2) is 0 Å². The molecule has 1 spiro atoms. The predicted octanol–water partition coefficient (Wildman–Crippen LogP) is 2.84. The van der Waals surface area contributed by atoms with Gasteiger partial charge in [-0.1, -0.05) is 0 Å². The Morgan fingerprint density at radius 3 is 2.63 bits per heavy atom. The molecule has 2 saturated heterocycles. The maximum absolute atomic E-state index is 6.12. The van der Waals surface area contributed by atoms with Crippen molar-refractivity contribution in [3.63, 3.8) is 0 Å². The minimum Gasteiger partial charge on any atom is -0.378 e. The van der Waals surface area contributed by atoms with E-state index in [2.05, 4.69) is 18.7 Å². The highest BCUT2D eigenvalue weighted by Crippen LogP contribution is 2.48. The van der Waals surface area contributed by atoms with E-state index in [9.17, 15) is 0 Å². The Morgan fingerprint density at radius 2 is 2.00 bits per heavy atom. The van der Waals surface area contributed by atoms with E-state index in [0.717, 1.165) is 19.8 Å². The lowest BCUT2D eigenvalue weighted by Crippen LogP contribution is -2.40. The van der Waals surface area contributed by atoms with Gasteiger partial charge in [0.2, 0.25) is 0 Å². The Hall–Kier alpha value is -0.120. The van der Waals surface area contributed by atoms with E-state index in [0.29, 0.717) is 11.5 Å². The van der Waals surface area contributed by atoms with Gasteiger partial charge in [0.05, 0.1) is 18.3 Å². The van der Waals surface area contributed by atoms with Crippen molar-refractivity contribution < 1.29 is 9.47 Å². The second kappa shape index (κ2) is 5.34. The van der Waals surface area contributed by atoms with Crippen molar-refractivity contribution in [2.45, 2.75) is 64.1 Å². The molecule has 19 heavy (non-hydrogen) atoms. The Kier molecular flexibility index (Phi) is 3.89. The summed E-state index contributed by atoms with van der Waals surface area (Å²) in [5.74, 6) is 0. The quantitative estimate of drug-likeness (QED) is 0.764. The highest BCUT2D eigenvalue weighted by atomic mass is 16.5. The number of hydrogen-bond donors (Lipinski definition) is 0. The summed E-state index contributed by atoms with van der Waals surface area (Å²) in [5, 5.41) is 0. The lowest BCUT2D eigenvalue weighted by molar-refractivity contribution is -0.0710. The average molecular weight is 267 g/mol. The molecule has 2 heterocycles. The molecule has 0 aromatic heterocycles. The van der Waals surface area contributed by atoms with Crippen LogP contribution in [0.3, 0.4) is 0 Å². The maximum Gasteiger partial charge on any atom is 0.0820 e. The van der Waals surface area contributed by atoms with Crippen LogP contribution in [-0.4, -0.2) is 49.5 Å². The number of likely N-dealkylation sites (tertiary alicyclic amines) is 1. The molecule has 0 aromatic carbocycles. The molecule has 3 rings (SSSR count). The van der Waals surface area contributed by atoms with E-state index in [1.165, 1.54) is 51.6 Å². The second-order valence-corrected chi connectivity index (χ2v) is 7.31. The number of hydrogen-bond acceptors (Lipinski definition) is 3. The van der Waals surface area contributed by atoms with Crippen molar-refractivity contribution in [1.29, 1.82) is 0 Å². The van der Waals surface area contributed by atoms with E-state index >= 15 is 0 Å². The van der Waals surface area contributed by atoms with Gasteiger partial charge in [-0.3, -0.25) is 4.90 Å². The van der Waals surface area contributed by atoms with Crippen molar-refractivity contribution in [3.8, 4) is 0 Å². The summed E-state index contributed by atoms with van der Waals surface area (Å²) in [7, 11) is 0. The van der Waals surface area contributed by atoms with Crippen molar-refractivity contribution in [2.75, 3.05) is 32.8 Å². The van der Waals surface area contributed by atoms with Crippen LogP contribution < -0.4 is 0 Å². The molecular weight excluding hydrogens is 238 g/mol. The minimum atomic E-state index is 0.216. The average Bonchev–Trinajstić information content (AvgIpc) is 3.06. The molecule has 0 radical (unpaired) electrons. The number of rotatable bonds is 5. The summed E-state index contributed by atoms with van der Waals surface area (Å²) in [6, 6.07) is 0. The molecule has 1 unspecified atom stereocenters.